The van der Waals surface area contributed by atoms with E-state index in [0.717, 1.165) is 35.0 Å². The van der Waals surface area contributed by atoms with Gasteiger partial charge in [0.05, 0.1) is 11.1 Å². The van der Waals surface area contributed by atoms with Crippen LogP contribution in [-0.2, 0) is 0 Å². The molecule has 4 heteroatoms. The fourth-order valence-corrected chi connectivity index (χ4v) is 2.68. The van der Waals surface area contributed by atoms with Crippen LogP contribution in [-0.4, -0.2) is 10.2 Å². The van der Waals surface area contributed by atoms with Crippen molar-refractivity contribution in [3.63, 3.8) is 0 Å². The summed E-state index contributed by atoms with van der Waals surface area (Å²) in [6, 6.07) is 12.0. The number of H-pyrrole nitrogens is 1. The quantitative estimate of drug-likeness (QED) is 0.779. The van der Waals surface area contributed by atoms with Crippen molar-refractivity contribution in [3.8, 4) is 11.1 Å². The number of fused-ring (bicyclic) bond motifs is 1. The number of benzene rings is 2. The minimum Gasteiger partial charge on any atom is -0.267 e. The van der Waals surface area contributed by atoms with Crippen molar-refractivity contribution in [2.75, 3.05) is 0 Å². The summed E-state index contributed by atoms with van der Waals surface area (Å²) in [4.78, 5) is 12.0. The van der Waals surface area contributed by atoms with Crippen LogP contribution >= 0.6 is 0 Å². The molecule has 0 spiro atoms. The number of nitrogens with zero attached hydrogens (tertiary/aromatic N) is 1. The van der Waals surface area contributed by atoms with E-state index >= 15 is 0 Å². The van der Waals surface area contributed by atoms with Gasteiger partial charge in [0.25, 0.3) is 5.56 Å². The topological polar surface area (TPSA) is 45.8 Å². The third-order valence-electron chi connectivity index (χ3n) is 3.96. The Bertz CT molecular complexity index is 879. The van der Waals surface area contributed by atoms with E-state index in [1.807, 2.05) is 18.2 Å². The summed E-state index contributed by atoms with van der Waals surface area (Å²) in [5.41, 5.74) is 2.59. The molecule has 0 amide bonds. The maximum Gasteiger partial charge on any atom is 0.272 e. The van der Waals surface area contributed by atoms with E-state index in [0.29, 0.717) is 11.3 Å². The predicted octanol–water partition coefficient (Wildman–Crippen LogP) is 3.61. The Balaban J connectivity index is 1.91. The van der Waals surface area contributed by atoms with Gasteiger partial charge in [-0.1, -0.05) is 24.3 Å². The molecule has 0 atom stereocenters. The monoisotopic (exact) mass is 280 g/mol. The van der Waals surface area contributed by atoms with E-state index in [1.165, 1.54) is 12.1 Å². The Kier molecular flexibility index (Phi) is 2.64. The first-order chi connectivity index (χ1) is 10.2. The highest BCUT2D eigenvalue weighted by atomic mass is 19.1. The second kappa shape index (κ2) is 4.52. The summed E-state index contributed by atoms with van der Waals surface area (Å²) >= 11 is 0. The van der Waals surface area contributed by atoms with Crippen molar-refractivity contribution in [1.82, 2.24) is 10.2 Å². The van der Waals surface area contributed by atoms with Gasteiger partial charge in [-0.05, 0) is 42.2 Å². The van der Waals surface area contributed by atoms with Crippen molar-refractivity contribution in [2.24, 2.45) is 0 Å². The molecule has 1 fully saturated rings. The van der Waals surface area contributed by atoms with Crippen LogP contribution in [0.15, 0.2) is 47.3 Å². The summed E-state index contributed by atoms with van der Waals surface area (Å²) < 4.78 is 13.0. The van der Waals surface area contributed by atoms with Crippen LogP contribution in [0.25, 0.3) is 21.9 Å². The summed E-state index contributed by atoms with van der Waals surface area (Å²) in [6.07, 6.45) is 2.27. The first-order valence-corrected chi connectivity index (χ1v) is 7.00. The Hall–Kier alpha value is -2.49. The molecule has 0 radical (unpaired) electrons. The zero-order chi connectivity index (χ0) is 14.4. The molecule has 1 aliphatic rings. The van der Waals surface area contributed by atoms with Crippen molar-refractivity contribution in [2.45, 2.75) is 18.8 Å². The molecule has 1 N–H and O–H groups in total. The number of hydrogen-bond donors (Lipinski definition) is 1. The van der Waals surface area contributed by atoms with Gasteiger partial charge in [0.2, 0.25) is 0 Å². The predicted molar refractivity (Wildman–Crippen MR) is 79.7 cm³/mol. The van der Waals surface area contributed by atoms with E-state index in [4.69, 9.17) is 0 Å². The minimum atomic E-state index is -0.266. The standard InChI is InChI=1S/C17H13FN2O/c18-13-6-3-10(4-7-13)12-5-8-14-15(9-12)17(21)20-19-16(14)11-1-2-11/h3-9,11H,1-2H2,(H,20,21). The number of rotatable bonds is 2. The molecule has 3 nitrogen and oxygen atoms in total. The molecular weight excluding hydrogens is 267 g/mol. The third kappa shape index (κ3) is 2.13. The van der Waals surface area contributed by atoms with Gasteiger partial charge >= 0.3 is 0 Å². The molecule has 0 bridgehead atoms. The molecule has 3 aromatic rings. The van der Waals surface area contributed by atoms with Gasteiger partial charge in [0, 0.05) is 11.3 Å². The minimum absolute atomic E-state index is 0.182. The van der Waals surface area contributed by atoms with Crippen molar-refractivity contribution >= 4 is 10.8 Å². The van der Waals surface area contributed by atoms with Gasteiger partial charge in [-0.2, -0.15) is 5.10 Å². The van der Waals surface area contributed by atoms with E-state index in [9.17, 15) is 9.18 Å². The van der Waals surface area contributed by atoms with Crippen LogP contribution in [0.5, 0.6) is 0 Å². The molecule has 1 heterocycles. The SMILES string of the molecule is O=c1[nH]nc(C2CC2)c2ccc(-c3ccc(F)cc3)cc12. The lowest BCUT2D eigenvalue weighted by Gasteiger charge is -2.06. The average molecular weight is 280 g/mol. The zero-order valence-corrected chi connectivity index (χ0v) is 11.3. The van der Waals surface area contributed by atoms with E-state index in [-0.39, 0.29) is 11.4 Å². The largest absolute Gasteiger partial charge is 0.272 e. The molecule has 1 aromatic heterocycles. The van der Waals surface area contributed by atoms with E-state index in [1.54, 1.807) is 12.1 Å². The molecule has 1 saturated carbocycles. The van der Waals surface area contributed by atoms with Crippen LogP contribution in [0.3, 0.4) is 0 Å². The fraction of sp³-hybridized carbons (Fsp3) is 0.176. The molecule has 0 saturated heterocycles. The number of aromatic nitrogens is 2. The molecule has 0 unspecified atom stereocenters. The van der Waals surface area contributed by atoms with Crippen molar-refractivity contribution < 1.29 is 4.39 Å². The number of aromatic amines is 1. The Morgan fingerprint density at radius 2 is 1.71 bits per heavy atom. The number of hydrogen-bond acceptors (Lipinski definition) is 2. The van der Waals surface area contributed by atoms with Crippen LogP contribution in [0.1, 0.15) is 24.5 Å². The summed E-state index contributed by atoms with van der Waals surface area (Å²) in [5.74, 6) is 0.207. The van der Waals surface area contributed by atoms with Crippen LogP contribution < -0.4 is 5.56 Å². The Morgan fingerprint density at radius 1 is 1.00 bits per heavy atom. The van der Waals surface area contributed by atoms with E-state index < -0.39 is 0 Å². The molecule has 104 valence electrons. The normalized spacial score (nSPS) is 14.5. The number of halogens is 1. The second-order valence-corrected chi connectivity index (χ2v) is 5.48. The van der Waals surface area contributed by atoms with Gasteiger partial charge in [-0.25, -0.2) is 9.49 Å². The highest BCUT2D eigenvalue weighted by Gasteiger charge is 2.27. The smallest absolute Gasteiger partial charge is 0.267 e. The molecule has 2 aromatic carbocycles. The zero-order valence-electron chi connectivity index (χ0n) is 11.3. The van der Waals surface area contributed by atoms with Crippen LogP contribution in [0.2, 0.25) is 0 Å². The summed E-state index contributed by atoms with van der Waals surface area (Å²) in [5, 5.41) is 8.35. The molecular formula is C17H13FN2O. The van der Waals surface area contributed by atoms with Gasteiger partial charge < -0.3 is 0 Å². The highest BCUT2D eigenvalue weighted by molar-refractivity contribution is 5.88. The molecule has 1 aliphatic carbocycles. The average Bonchev–Trinajstić information content (AvgIpc) is 3.33. The summed E-state index contributed by atoms with van der Waals surface area (Å²) in [7, 11) is 0. The second-order valence-electron chi connectivity index (χ2n) is 5.48. The third-order valence-corrected chi connectivity index (χ3v) is 3.96. The molecule has 0 aliphatic heterocycles. The van der Waals surface area contributed by atoms with Gasteiger partial charge in [-0.15, -0.1) is 0 Å². The molecule has 4 rings (SSSR count). The lowest BCUT2D eigenvalue weighted by molar-refractivity contribution is 0.628. The fourth-order valence-electron chi connectivity index (χ4n) is 2.68. The maximum absolute atomic E-state index is 13.0. The molecule has 21 heavy (non-hydrogen) atoms. The van der Waals surface area contributed by atoms with Crippen LogP contribution in [0.4, 0.5) is 4.39 Å². The van der Waals surface area contributed by atoms with Gasteiger partial charge in [0.1, 0.15) is 5.82 Å². The van der Waals surface area contributed by atoms with Crippen molar-refractivity contribution in [1.29, 1.82) is 0 Å². The Morgan fingerprint density at radius 3 is 2.43 bits per heavy atom. The van der Waals surface area contributed by atoms with Crippen LogP contribution in [0, 0.1) is 5.82 Å². The Labute approximate surface area is 120 Å². The lowest BCUT2D eigenvalue weighted by atomic mass is 10.0. The maximum atomic E-state index is 13.0. The van der Waals surface area contributed by atoms with Gasteiger partial charge in [-0.3, -0.25) is 4.79 Å². The van der Waals surface area contributed by atoms with E-state index in [2.05, 4.69) is 10.2 Å². The number of nitrogens with one attached hydrogen (secondary N) is 1. The first-order valence-electron chi connectivity index (χ1n) is 7.00. The highest BCUT2D eigenvalue weighted by Crippen LogP contribution is 2.41. The summed E-state index contributed by atoms with van der Waals surface area (Å²) in [6.45, 7) is 0. The first kappa shape index (κ1) is 12.3. The van der Waals surface area contributed by atoms with Crippen molar-refractivity contribution in [3.05, 3.63) is 64.3 Å². The lowest BCUT2D eigenvalue weighted by Crippen LogP contribution is -2.10. The van der Waals surface area contributed by atoms with Gasteiger partial charge in [0.15, 0.2) is 0 Å².